The zero-order chi connectivity index (χ0) is 24.2. The molecule has 7 nitrogen and oxygen atoms in total. The monoisotopic (exact) mass is 482 g/mol. The summed E-state index contributed by atoms with van der Waals surface area (Å²) >= 11 is 6.00. The van der Waals surface area contributed by atoms with Gasteiger partial charge in [0.1, 0.15) is 0 Å². The van der Waals surface area contributed by atoms with Gasteiger partial charge in [0.2, 0.25) is 0 Å². The largest absolute Gasteiger partial charge is 0.493 e. The normalized spacial score (nSPS) is 14.7. The van der Waals surface area contributed by atoms with Gasteiger partial charge in [0.05, 0.1) is 34.5 Å². The quantitative estimate of drug-likeness (QED) is 0.498. The van der Waals surface area contributed by atoms with Gasteiger partial charge in [-0.15, -0.1) is 0 Å². The number of rotatable bonds is 6. The number of carbonyl (C=O) groups is 1. The van der Waals surface area contributed by atoms with Crippen LogP contribution in [0.3, 0.4) is 0 Å². The van der Waals surface area contributed by atoms with Gasteiger partial charge >= 0.3 is 6.03 Å². The number of hydrogen-bond donors (Lipinski definition) is 1. The molecule has 34 heavy (non-hydrogen) atoms. The van der Waals surface area contributed by atoms with E-state index in [1.807, 2.05) is 35.2 Å². The Balaban J connectivity index is 1.80. The summed E-state index contributed by atoms with van der Waals surface area (Å²) in [4.78, 5) is 15.3. The predicted octanol–water partition coefficient (Wildman–Crippen LogP) is 5.55. The summed E-state index contributed by atoms with van der Waals surface area (Å²) < 4.78 is 22.0. The van der Waals surface area contributed by atoms with Crippen molar-refractivity contribution >= 4 is 23.3 Å². The van der Waals surface area contributed by atoms with Gasteiger partial charge < -0.3 is 29.2 Å². The molecule has 1 unspecified atom stereocenters. The number of carbonyl (C=O) groups excluding carboxylic acids is 1. The van der Waals surface area contributed by atoms with Crippen LogP contribution in [0.5, 0.6) is 23.0 Å². The maximum atomic E-state index is 13.5. The Hall–Kier alpha value is -3.58. The van der Waals surface area contributed by atoms with E-state index in [1.165, 1.54) is 0 Å². The van der Waals surface area contributed by atoms with Crippen molar-refractivity contribution in [2.45, 2.75) is 12.5 Å². The molecule has 0 aliphatic carbocycles. The van der Waals surface area contributed by atoms with Gasteiger partial charge in [-0.05, 0) is 71.6 Å². The predicted molar refractivity (Wildman–Crippen MR) is 132 cm³/mol. The van der Waals surface area contributed by atoms with Crippen molar-refractivity contribution in [2.75, 3.05) is 40.3 Å². The molecule has 0 saturated heterocycles. The van der Waals surface area contributed by atoms with Crippen molar-refractivity contribution < 1.29 is 23.7 Å². The van der Waals surface area contributed by atoms with E-state index in [4.69, 9.17) is 30.5 Å². The number of halogens is 1. The molecule has 3 aromatic carbocycles. The molecular weight excluding hydrogens is 456 g/mol. The van der Waals surface area contributed by atoms with E-state index in [0.717, 1.165) is 16.7 Å². The lowest BCUT2D eigenvalue weighted by Crippen LogP contribution is -2.43. The average molecular weight is 483 g/mol. The van der Waals surface area contributed by atoms with Gasteiger partial charge in [-0.3, -0.25) is 0 Å². The van der Waals surface area contributed by atoms with Crippen molar-refractivity contribution in [3.63, 3.8) is 0 Å². The molecule has 178 valence electrons. The maximum absolute atomic E-state index is 13.5. The molecule has 1 heterocycles. The van der Waals surface area contributed by atoms with Crippen LogP contribution in [0.4, 0.5) is 10.5 Å². The molecular formula is C26H27ClN2O5. The van der Waals surface area contributed by atoms with Gasteiger partial charge in [-0.25, -0.2) is 4.79 Å². The minimum Gasteiger partial charge on any atom is -0.493 e. The molecule has 0 aromatic heterocycles. The Morgan fingerprint density at radius 3 is 2.12 bits per heavy atom. The van der Waals surface area contributed by atoms with Crippen LogP contribution in [-0.4, -0.2) is 45.9 Å². The second-order valence-corrected chi connectivity index (χ2v) is 8.24. The van der Waals surface area contributed by atoms with Crippen LogP contribution in [0.2, 0.25) is 5.02 Å². The lowest BCUT2D eigenvalue weighted by atomic mass is 9.87. The topological polar surface area (TPSA) is 69.3 Å². The molecule has 1 aliphatic heterocycles. The minimum atomic E-state index is -0.379. The molecule has 4 rings (SSSR count). The summed E-state index contributed by atoms with van der Waals surface area (Å²) in [5.74, 6) is 2.47. The molecule has 1 atom stereocenters. The minimum absolute atomic E-state index is 0.220. The molecule has 0 radical (unpaired) electrons. The number of benzene rings is 3. The SMILES string of the molecule is COc1ccc(C2c3cc(OC)c(OC)cc3CCN2C(=O)Nc2ccc(Cl)cc2)cc1OC. The van der Waals surface area contributed by atoms with Gasteiger partial charge in [-0.2, -0.15) is 0 Å². The summed E-state index contributed by atoms with van der Waals surface area (Å²) in [5.41, 5.74) is 3.60. The lowest BCUT2D eigenvalue weighted by molar-refractivity contribution is 0.193. The molecule has 1 aliphatic rings. The lowest BCUT2D eigenvalue weighted by Gasteiger charge is -2.38. The molecule has 2 amide bonds. The van der Waals surface area contributed by atoms with Gasteiger partial charge in [0.15, 0.2) is 23.0 Å². The van der Waals surface area contributed by atoms with E-state index >= 15 is 0 Å². The molecule has 0 bridgehead atoms. The highest BCUT2D eigenvalue weighted by atomic mass is 35.5. The first kappa shape index (κ1) is 23.6. The summed E-state index contributed by atoms with van der Waals surface area (Å²) in [7, 11) is 6.40. The van der Waals surface area contributed by atoms with E-state index in [1.54, 1.807) is 52.7 Å². The first-order valence-corrected chi connectivity index (χ1v) is 11.2. The summed E-state index contributed by atoms with van der Waals surface area (Å²) in [6.45, 7) is 0.515. The van der Waals surface area contributed by atoms with Crippen LogP contribution < -0.4 is 24.3 Å². The standard InChI is InChI=1S/C26H27ClN2O5/c1-31-21-10-5-17(14-22(21)32-2)25-20-15-24(34-4)23(33-3)13-16(20)11-12-29(25)26(30)28-19-8-6-18(27)7-9-19/h5-10,13-15,25H,11-12H2,1-4H3,(H,28,30). The fourth-order valence-corrected chi connectivity index (χ4v) is 4.40. The third-order valence-electron chi connectivity index (χ3n) is 5.95. The Kier molecular flexibility index (Phi) is 7.03. The number of nitrogens with one attached hydrogen (secondary N) is 1. The average Bonchev–Trinajstić information content (AvgIpc) is 2.87. The van der Waals surface area contributed by atoms with Crippen molar-refractivity contribution in [3.8, 4) is 23.0 Å². The van der Waals surface area contributed by atoms with E-state index in [2.05, 4.69) is 5.32 Å². The number of hydrogen-bond acceptors (Lipinski definition) is 5. The second-order valence-electron chi connectivity index (χ2n) is 7.80. The van der Waals surface area contributed by atoms with Gasteiger partial charge in [-0.1, -0.05) is 17.7 Å². The van der Waals surface area contributed by atoms with E-state index in [9.17, 15) is 4.79 Å². The first-order chi connectivity index (χ1) is 16.5. The van der Waals surface area contributed by atoms with Gasteiger partial charge in [0.25, 0.3) is 0 Å². The number of nitrogens with zero attached hydrogens (tertiary/aromatic N) is 1. The molecule has 8 heteroatoms. The Morgan fingerprint density at radius 2 is 1.47 bits per heavy atom. The number of ether oxygens (including phenoxy) is 4. The second kappa shape index (κ2) is 10.1. The van der Waals surface area contributed by atoms with E-state index < -0.39 is 0 Å². The molecule has 0 fully saturated rings. The molecule has 0 spiro atoms. The maximum Gasteiger partial charge on any atom is 0.322 e. The summed E-state index contributed by atoms with van der Waals surface area (Å²) in [6, 6.07) is 16.1. The third kappa shape index (κ3) is 4.56. The summed E-state index contributed by atoms with van der Waals surface area (Å²) in [5, 5.41) is 3.59. The van der Waals surface area contributed by atoms with Crippen molar-refractivity contribution in [3.05, 3.63) is 76.3 Å². The Morgan fingerprint density at radius 1 is 0.853 bits per heavy atom. The fourth-order valence-electron chi connectivity index (χ4n) is 4.28. The third-order valence-corrected chi connectivity index (χ3v) is 6.21. The smallest absolute Gasteiger partial charge is 0.322 e. The molecule has 3 aromatic rings. The summed E-state index contributed by atoms with van der Waals surface area (Å²) in [6.07, 6.45) is 0.674. The van der Waals surface area contributed by atoms with Gasteiger partial charge in [0, 0.05) is 17.3 Å². The van der Waals surface area contributed by atoms with Crippen LogP contribution >= 0.6 is 11.6 Å². The Labute approximate surface area is 204 Å². The zero-order valence-electron chi connectivity index (χ0n) is 19.6. The van der Waals surface area contributed by atoms with Crippen LogP contribution in [0, 0.1) is 0 Å². The van der Waals surface area contributed by atoms with E-state index in [-0.39, 0.29) is 12.1 Å². The highest BCUT2D eigenvalue weighted by molar-refractivity contribution is 6.30. The fraction of sp³-hybridized carbons (Fsp3) is 0.269. The zero-order valence-corrected chi connectivity index (χ0v) is 20.3. The number of methoxy groups -OCH3 is 4. The molecule has 1 N–H and O–H groups in total. The highest BCUT2D eigenvalue weighted by Crippen LogP contribution is 2.43. The van der Waals surface area contributed by atoms with Crippen molar-refractivity contribution in [2.24, 2.45) is 0 Å². The molecule has 0 saturated carbocycles. The number of urea groups is 1. The first-order valence-electron chi connectivity index (χ1n) is 10.8. The van der Waals surface area contributed by atoms with Crippen molar-refractivity contribution in [1.29, 1.82) is 0 Å². The van der Waals surface area contributed by atoms with Crippen LogP contribution in [-0.2, 0) is 6.42 Å². The van der Waals surface area contributed by atoms with E-state index in [0.29, 0.717) is 46.7 Å². The highest BCUT2D eigenvalue weighted by Gasteiger charge is 2.34. The van der Waals surface area contributed by atoms with Crippen molar-refractivity contribution in [1.82, 2.24) is 4.90 Å². The number of amides is 2. The number of fused-ring (bicyclic) bond motifs is 1. The number of anilines is 1. The van der Waals surface area contributed by atoms with Crippen LogP contribution in [0.1, 0.15) is 22.7 Å². The van der Waals surface area contributed by atoms with Crippen LogP contribution in [0.15, 0.2) is 54.6 Å². The van der Waals surface area contributed by atoms with Crippen LogP contribution in [0.25, 0.3) is 0 Å². The Bertz CT molecular complexity index is 1180.